The second-order valence-electron chi connectivity index (χ2n) is 4.35. The van der Waals surface area contributed by atoms with Crippen LogP contribution < -0.4 is 11.1 Å². The number of nitrogens with two attached hydrogens (primary N) is 1. The average molecular weight is 262 g/mol. The zero-order valence-electron chi connectivity index (χ0n) is 11.3. The molecule has 3 N–H and O–H groups in total. The number of ether oxygens (including phenoxy) is 1. The van der Waals surface area contributed by atoms with Gasteiger partial charge >= 0.3 is 0 Å². The van der Waals surface area contributed by atoms with Crippen LogP contribution in [0.3, 0.4) is 0 Å². The summed E-state index contributed by atoms with van der Waals surface area (Å²) in [6.07, 6.45) is 2.03. The topological polar surface area (TPSA) is 64.3 Å². The van der Waals surface area contributed by atoms with Crippen LogP contribution in [0.4, 0.5) is 0 Å². The Morgan fingerprint density at radius 3 is 2.79 bits per heavy atom. The van der Waals surface area contributed by atoms with E-state index in [4.69, 9.17) is 10.5 Å². The Kier molecular flexibility index (Phi) is 6.85. The van der Waals surface area contributed by atoms with Crippen LogP contribution in [-0.4, -0.2) is 25.2 Å². The highest BCUT2D eigenvalue weighted by atomic mass is 16.5. The molecule has 0 aromatic heterocycles. The van der Waals surface area contributed by atoms with Crippen molar-refractivity contribution in [3.05, 3.63) is 48.6 Å². The molecule has 0 fully saturated rings. The van der Waals surface area contributed by atoms with Crippen molar-refractivity contribution >= 4 is 5.91 Å². The smallest absolute Gasteiger partial charge is 0.248 e. The van der Waals surface area contributed by atoms with Gasteiger partial charge in [-0.05, 0) is 18.9 Å². The van der Waals surface area contributed by atoms with E-state index in [9.17, 15) is 4.79 Å². The van der Waals surface area contributed by atoms with Crippen molar-refractivity contribution in [1.82, 2.24) is 5.32 Å². The minimum absolute atomic E-state index is 0.143. The molecule has 19 heavy (non-hydrogen) atoms. The van der Waals surface area contributed by atoms with E-state index in [1.807, 2.05) is 30.3 Å². The van der Waals surface area contributed by atoms with Gasteiger partial charge in [0.2, 0.25) is 5.91 Å². The number of rotatable bonds is 8. The zero-order valence-corrected chi connectivity index (χ0v) is 11.3. The molecule has 0 saturated carbocycles. The quantitative estimate of drug-likeness (QED) is 0.554. The van der Waals surface area contributed by atoms with Gasteiger partial charge in [-0.25, -0.2) is 0 Å². The van der Waals surface area contributed by atoms with Crippen molar-refractivity contribution in [2.45, 2.75) is 25.5 Å². The van der Waals surface area contributed by atoms with E-state index < -0.39 is 6.10 Å². The van der Waals surface area contributed by atoms with Crippen molar-refractivity contribution in [2.24, 2.45) is 5.73 Å². The van der Waals surface area contributed by atoms with Crippen LogP contribution in [0.2, 0.25) is 0 Å². The summed E-state index contributed by atoms with van der Waals surface area (Å²) in [7, 11) is 0. The van der Waals surface area contributed by atoms with Gasteiger partial charge in [0, 0.05) is 12.6 Å². The van der Waals surface area contributed by atoms with E-state index in [0.29, 0.717) is 13.2 Å². The molecule has 1 amide bonds. The Balaban J connectivity index is 2.31. The van der Waals surface area contributed by atoms with Gasteiger partial charge in [0.1, 0.15) is 6.10 Å². The van der Waals surface area contributed by atoms with Crippen LogP contribution >= 0.6 is 0 Å². The molecule has 4 heteroatoms. The predicted octanol–water partition coefficient (Wildman–Crippen LogP) is 1.78. The van der Waals surface area contributed by atoms with Crippen LogP contribution in [0, 0.1) is 0 Å². The fraction of sp³-hybridized carbons (Fsp3) is 0.400. The lowest BCUT2D eigenvalue weighted by atomic mass is 10.1. The second kappa shape index (κ2) is 8.45. The SMILES string of the molecule is C=CCCOC(C)C(=O)NCC(N)c1ccccc1. The summed E-state index contributed by atoms with van der Waals surface area (Å²) in [5.41, 5.74) is 7.00. The molecule has 0 aliphatic rings. The number of benzene rings is 1. The Morgan fingerprint density at radius 1 is 1.47 bits per heavy atom. The number of hydrogen-bond donors (Lipinski definition) is 2. The molecule has 1 aromatic carbocycles. The van der Waals surface area contributed by atoms with Gasteiger partial charge in [0.05, 0.1) is 6.61 Å². The maximum absolute atomic E-state index is 11.8. The van der Waals surface area contributed by atoms with Crippen LogP contribution in [0.5, 0.6) is 0 Å². The van der Waals surface area contributed by atoms with E-state index in [-0.39, 0.29) is 11.9 Å². The van der Waals surface area contributed by atoms with Crippen molar-refractivity contribution < 1.29 is 9.53 Å². The van der Waals surface area contributed by atoms with Crippen molar-refractivity contribution in [1.29, 1.82) is 0 Å². The number of carbonyl (C=O) groups is 1. The highest BCUT2D eigenvalue weighted by molar-refractivity contribution is 5.80. The normalized spacial score (nSPS) is 13.6. The zero-order chi connectivity index (χ0) is 14.1. The summed E-state index contributed by atoms with van der Waals surface area (Å²) in [5, 5.41) is 2.79. The van der Waals surface area contributed by atoms with Gasteiger partial charge < -0.3 is 15.8 Å². The van der Waals surface area contributed by atoms with Gasteiger partial charge in [0.15, 0.2) is 0 Å². The Morgan fingerprint density at radius 2 is 2.16 bits per heavy atom. The lowest BCUT2D eigenvalue weighted by molar-refractivity contribution is -0.131. The molecule has 104 valence electrons. The molecule has 0 bridgehead atoms. The first-order chi connectivity index (χ1) is 9.15. The Labute approximate surface area is 114 Å². The first-order valence-corrected chi connectivity index (χ1v) is 6.46. The van der Waals surface area contributed by atoms with Gasteiger partial charge in [-0.2, -0.15) is 0 Å². The van der Waals surface area contributed by atoms with Crippen molar-refractivity contribution in [3.8, 4) is 0 Å². The highest BCUT2D eigenvalue weighted by Crippen LogP contribution is 2.08. The van der Waals surface area contributed by atoms with E-state index in [1.165, 1.54) is 0 Å². The molecule has 1 rings (SSSR count). The number of nitrogens with one attached hydrogen (secondary N) is 1. The van der Waals surface area contributed by atoms with Gasteiger partial charge in [-0.1, -0.05) is 36.4 Å². The molecule has 1 aromatic rings. The van der Waals surface area contributed by atoms with Crippen molar-refractivity contribution in [2.75, 3.05) is 13.2 Å². The molecule has 0 aliphatic heterocycles. The molecule has 0 spiro atoms. The third-order valence-corrected chi connectivity index (χ3v) is 2.78. The van der Waals surface area contributed by atoms with E-state index in [0.717, 1.165) is 12.0 Å². The molecule has 2 atom stereocenters. The molecule has 0 aliphatic carbocycles. The minimum Gasteiger partial charge on any atom is -0.368 e. The first kappa shape index (κ1) is 15.4. The monoisotopic (exact) mass is 262 g/mol. The number of hydrogen-bond acceptors (Lipinski definition) is 3. The summed E-state index contributed by atoms with van der Waals surface area (Å²) in [6, 6.07) is 9.48. The fourth-order valence-corrected chi connectivity index (χ4v) is 1.58. The maximum atomic E-state index is 11.8. The average Bonchev–Trinajstić information content (AvgIpc) is 2.45. The molecular formula is C15H22N2O2. The maximum Gasteiger partial charge on any atom is 0.248 e. The van der Waals surface area contributed by atoms with E-state index in [1.54, 1.807) is 13.0 Å². The second-order valence-corrected chi connectivity index (χ2v) is 4.35. The molecule has 0 radical (unpaired) electrons. The van der Waals surface area contributed by atoms with Crippen molar-refractivity contribution in [3.63, 3.8) is 0 Å². The number of carbonyl (C=O) groups excluding carboxylic acids is 1. The van der Waals surface area contributed by atoms with Gasteiger partial charge in [-0.3, -0.25) is 4.79 Å². The lowest BCUT2D eigenvalue weighted by Gasteiger charge is -2.16. The highest BCUT2D eigenvalue weighted by Gasteiger charge is 2.14. The molecule has 0 heterocycles. The summed E-state index contributed by atoms with van der Waals surface area (Å²) in [6.45, 7) is 6.23. The van der Waals surface area contributed by atoms with Crippen LogP contribution in [0.25, 0.3) is 0 Å². The van der Waals surface area contributed by atoms with Gasteiger partial charge in [0.25, 0.3) is 0 Å². The van der Waals surface area contributed by atoms with Crippen LogP contribution in [0.1, 0.15) is 24.9 Å². The first-order valence-electron chi connectivity index (χ1n) is 6.46. The van der Waals surface area contributed by atoms with Gasteiger partial charge in [-0.15, -0.1) is 6.58 Å². The van der Waals surface area contributed by atoms with Crippen LogP contribution in [-0.2, 0) is 9.53 Å². The third-order valence-electron chi connectivity index (χ3n) is 2.78. The largest absolute Gasteiger partial charge is 0.368 e. The fourth-order valence-electron chi connectivity index (χ4n) is 1.58. The summed E-state index contributed by atoms with van der Waals surface area (Å²) in [4.78, 5) is 11.8. The third kappa shape index (κ3) is 5.68. The summed E-state index contributed by atoms with van der Waals surface area (Å²) in [5.74, 6) is -0.143. The molecule has 0 saturated heterocycles. The standard InChI is InChI=1S/C15H22N2O2/c1-3-4-10-19-12(2)15(18)17-11-14(16)13-8-6-5-7-9-13/h3,5-9,12,14H,1,4,10-11,16H2,2H3,(H,17,18). The molecular weight excluding hydrogens is 240 g/mol. The summed E-state index contributed by atoms with van der Waals surface area (Å²) < 4.78 is 5.36. The van der Waals surface area contributed by atoms with Crippen LogP contribution in [0.15, 0.2) is 43.0 Å². The Hall–Kier alpha value is -1.65. The number of amides is 1. The molecule has 4 nitrogen and oxygen atoms in total. The summed E-state index contributed by atoms with van der Waals surface area (Å²) >= 11 is 0. The predicted molar refractivity (Wildman–Crippen MR) is 76.6 cm³/mol. The molecule has 2 unspecified atom stereocenters. The Bertz CT molecular complexity index is 392. The van der Waals surface area contributed by atoms with E-state index >= 15 is 0 Å². The minimum atomic E-state index is -0.470. The van der Waals surface area contributed by atoms with E-state index in [2.05, 4.69) is 11.9 Å². The lowest BCUT2D eigenvalue weighted by Crippen LogP contribution is -2.38.